The van der Waals surface area contributed by atoms with E-state index in [-0.39, 0.29) is 5.41 Å². The minimum atomic E-state index is -0.660. The number of methoxy groups -OCH3 is 2. The van der Waals surface area contributed by atoms with Crippen molar-refractivity contribution in [3.8, 4) is 17.9 Å². The molecule has 0 bridgehead atoms. The van der Waals surface area contributed by atoms with Crippen molar-refractivity contribution < 1.29 is 14.6 Å². The third kappa shape index (κ3) is 10.5. The number of ether oxygens (including phenoxy) is 2. The SMILES string of the molecule is CCCc1cc(C(C)(c2ccc(C(C)(C)c3cc(CC(C)CC)c(O)c(CC(CC)CC)c3)cc2)c2cc(COC)c(C#N)c(CC(C)CC)c2)cc(COC)c1C#N. The van der Waals surface area contributed by atoms with Gasteiger partial charge in [0.1, 0.15) is 5.75 Å². The van der Waals surface area contributed by atoms with Gasteiger partial charge < -0.3 is 14.6 Å². The van der Waals surface area contributed by atoms with Gasteiger partial charge in [-0.15, -0.1) is 0 Å². The highest BCUT2D eigenvalue weighted by Gasteiger charge is 2.35. The summed E-state index contributed by atoms with van der Waals surface area (Å²) in [5, 5.41) is 32.5. The second kappa shape index (κ2) is 21.2. The van der Waals surface area contributed by atoms with Crippen LogP contribution >= 0.6 is 0 Å². The monoisotopic (exact) mass is 797 g/mol. The van der Waals surface area contributed by atoms with Gasteiger partial charge >= 0.3 is 0 Å². The summed E-state index contributed by atoms with van der Waals surface area (Å²) < 4.78 is 11.4. The fraction of sp³-hybridized carbons (Fsp3) is 0.519. The average Bonchev–Trinajstić information content (AvgIpc) is 3.23. The molecule has 1 N–H and O–H groups in total. The van der Waals surface area contributed by atoms with Crippen LogP contribution in [0.5, 0.6) is 5.75 Å². The van der Waals surface area contributed by atoms with E-state index in [4.69, 9.17) is 9.47 Å². The largest absolute Gasteiger partial charge is 0.507 e. The summed E-state index contributed by atoms with van der Waals surface area (Å²) >= 11 is 0. The van der Waals surface area contributed by atoms with E-state index in [9.17, 15) is 15.6 Å². The molecule has 0 fully saturated rings. The molecule has 0 aliphatic rings. The third-order valence-electron chi connectivity index (χ3n) is 13.5. The normalized spacial score (nSPS) is 13.8. The van der Waals surface area contributed by atoms with Crippen molar-refractivity contribution in [1.29, 1.82) is 10.5 Å². The number of phenols is 1. The quantitative estimate of drug-likeness (QED) is 0.0849. The Morgan fingerprint density at radius 1 is 0.559 bits per heavy atom. The van der Waals surface area contributed by atoms with Crippen LogP contribution in [-0.4, -0.2) is 19.3 Å². The third-order valence-corrected chi connectivity index (χ3v) is 13.5. The molecule has 0 heterocycles. The van der Waals surface area contributed by atoms with E-state index >= 15 is 0 Å². The Morgan fingerprint density at radius 3 is 1.44 bits per heavy atom. The average molecular weight is 797 g/mol. The Hall–Kier alpha value is -4.42. The van der Waals surface area contributed by atoms with Crippen LogP contribution in [0.3, 0.4) is 0 Å². The van der Waals surface area contributed by atoms with Crippen molar-refractivity contribution in [2.45, 2.75) is 151 Å². The summed E-state index contributed by atoms with van der Waals surface area (Å²) in [7, 11) is 3.37. The highest BCUT2D eigenvalue weighted by molar-refractivity contribution is 5.59. The highest BCUT2D eigenvalue weighted by Crippen LogP contribution is 2.44. The van der Waals surface area contributed by atoms with E-state index in [0.29, 0.717) is 47.8 Å². The van der Waals surface area contributed by atoms with Gasteiger partial charge in [0.05, 0.1) is 36.5 Å². The summed E-state index contributed by atoms with van der Waals surface area (Å²) in [6, 6.07) is 27.5. The number of rotatable bonds is 21. The lowest BCUT2D eigenvalue weighted by Crippen LogP contribution is -2.28. The minimum absolute atomic E-state index is 0.335. The molecule has 0 aliphatic carbocycles. The van der Waals surface area contributed by atoms with E-state index in [1.807, 2.05) is 0 Å². The molecular weight excluding hydrogens is 725 g/mol. The number of hydrogen-bond acceptors (Lipinski definition) is 5. The maximum absolute atomic E-state index is 11.6. The van der Waals surface area contributed by atoms with Crippen LogP contribution in [0.15, 0.2) is 60.7 Å². The number of phenolic OH excluding ortho intramolecular Hbond substituents is 1. The first-order valence-electron chi connectivity index (χ1n) is 22.3. The smallest absolute Gasteiger partial charge is 0.121 e. The van der Waals surface area contributed by atoms with Crippen LogP contribution in [0.2, 0.25) is 0 Å². The number of nitriles is 2. The van der Waals surface area contributed by atoms with Crippen molar-refractivity contribution in [2.75, 3.05) is 14.2 Å². The fourth-order valence-electron chi connectivity index (χ4n) is 8.81. The number of benzene rings is 4. The van der Waals surface area contributed by atoms with E-state index in [2.05, 4.69) is 142 Å². The summed E-state index contributed by atoms with van der Waals surface area (Å²) in [6.45, 7) is 23.1. The Balaban J connectivity index is 2.02. The van der Waals surface area contributed by atoms with Crippen molar-refractivity contribution in [3.63, 3.8) is 0 Å². The predicted octanol–water partition coefficient (Wildman–Crippen LogP) is 13.2. The molecule has 59 heavy (non-hydrogen) atoms. The molecule has 5 nitrogen and oxygen atoms in total. The number of hydrogen-bond donors (Lipinski definition) is 1. The lowest BCUT2D eigenvalue weighted by molar-refractivity contribution is 0.184. The summed E-state index contributed by atoms with van der Waals surface area (Å²) in [6.07, 6.45) is 8.45. The van der Waals surface area contributed by atoms with Gasteiger partial charge in [-0.05, 0) is 112 Å². The van der Waals surface area contributed by atoms with Gasteiger partial charge in [-0.25, -0.2) is 0 Å². The first-order chi connectivity index (χ1) is 28.2. The molecule has 0 saturated heterocycles. The summed E-state index contributed by atoms with van der Waals surface area (Å²) in [5.41, 5.74) is 12.0. The number of nitrogens with zero attached hydrogens (tertiary/aromatic N) is 2. The highest BCUT2D eigenvalue weighted by atomic mass is 16.5. The molecule has 0 aromatic heterocycles. The predicted molar refractivity (Wildman–Crippen MR) is 244 cm³/mol. The lowest BCUT2D eigenvalue weighted by Gasteiger charge is -2.35. The van der Waals surface area contributed by atoms with Crippen LogP contribution in [0, 0.1) is 40.4 Å². The van der Waals surface area contributed by atoms with Crippen molar-refractivity contribution >= 4 is 0 Å². The van der Waals surface area contributed by atoms with Crippen LogP contribution in [0.1, 0.15) is 174 Å². The van der Waals surface area contributed by atoms with Gasteiger partial charge in [0.2, 0.25) is 0 Å². The maximum atomic E-state index is 11.6. The van der Waals surface area contributed by atoms with Gasteiger partial charge in [0.15, 0.2) is 0 Å². The minimum Gasteiger partial charge on any atom is -0.507 e. The molecule has 4 aromatic carbocycles. The topological polar surface area (TPSA) is 86.3 Å². The number of aromatic hydroxyl groups is 1. The van der Waals surface area contributed by atoms with Crippen LogP contribution < -0.4 is 0 Å². The zero-order valence-electron chi connectivity index (χ0n) is 38.4. The zero-order valence-corrected chi connectivity index (χ0v) is 38.4. The Morgan fingerprint density at radius 2 is 0.983 bits per heavy atom. The van der Waals surface area contributed by atoms with E-state index in [1.165, 1.54) is 11.1 Å². The Labute approximate surface area is 357 Å². The molecule has 0 spiro atoms. The second-order valence-electron chi connectivity index (χ2n) is 18.0. The van der Waals surface area contributed by atoms with E-state index in [1.54, 1.807) is 14.2 Å². The van der Waals surface area contributed by atoms with Gasteiger partial charge in [0, 0.05) is 25.0 Å². The molecule has 0 saturated carbocycles. The van der Waals surface area contributed by atoms with Crippen LogP contribution in [0.4, 0.5) is 0 Å². The summed E-state index contributed by atoms with van der Waals surface area (Å²) in [4.78, 5) is 0. The Kier molecular flexibility index (Phi) is 17.0. The van der Waals surface area contributed by atoms with E-state index < -0.39 is 5.41 Å². The van der Waals surface area contributed by atoms with Crippen molar-refractivity contribution in [1.82, 2.24) is 0 Å². The zero-order chi connectivity index (χ0) is 43.5. The van der Waals surface area contributed by atoms with E-state index in [0.717, 1.165) is 108 Å². The molecule has 0 radical (unpaired) electrons. The molecule has 5 heteroatoms. The maximum Gasteiger partial charge on any atom is 0.121 e. The second-order valence-corrected chi connectivity index (χ2v) is 18.0. The van der Waals surface area contributed by atoms with Crippen LogP contribution in [-0.2, 0) is 59.2 Å². The summed E-state index contributed by atoms with van der Waals surface area (Å²) in [5.74, 6) is 1.87. The first kappa shape index (κ1) is 47.3. The fourth-order valence-corrected chi connectivity index (χ4v) is 8.81. The van der Waals surface area contributed by atoms with Gasteiger partial charge in [0.25, 0.3) is 0 Å². The first-order valence-corrected chi connectivity index (χ1v) is 22.3. The van der Waals surface area contributed by atoms with Crippen LogP contribution in [0.25, 0.3) is 0 Å². The molecule has 3 unspecified atom stereocenters. The molecule has 316 valence electrons. The van der Waals surface area contributed by atoms with Gasteiger partial charge in [-0.1, -0.05) is 155 Å². The molecule has 3 atom stereocenters. The van der Waals surface area contributed by atoms with Crippen molar-refractivity contribution in [3.05, 3.63) is 133 Å². The molecule has 0 aliphatic heterocycles. The van der Waals surface area contributed by atoms with Gasteiger partial charge in [-0.3, -0.25) is 0 Å². The van der Waals surface area contributed by atoms with Crippen molar-refractivity contribution in [2.24, 2.45) is 17.8 Å². The van der Waals surface area contributed by atoms with Gasteiger partial charge in [-0.2, -0.15) is 10.5 Å². The standard InChI is InChI=1S/C54H72N2O3/c1-13-18-39-26-48(30-43(34-58-11)50(39)32-55)54(10,49-27-40(23-36(6)14-2)51(33-56)44(31-49)35-59-12)46-21-19-45(20-22-46)53(8,9)47-28-41(24-37(7)15-3)52(57)42(29-47)25-38(16-4)17-5/h19-22,26-31,36-38,57H,13-18,23-25,34-35H2,1-12H3. The molecule has 4 aromatic rings. The Bertz CT molecular complexity index is 2070. The molecule has 4 rings (SSSR count). The lowest BCUT2D eigenvalue weighted by atomic mass is 9.68. The number of aryl methyl sites for hydroxylation is 1. The molecule has 0 amide bonds. The molecular formula is C54H72N2O3.